The highest BCUT2D eigenvalue weighted by molar-refractivity contribution is 6.02. The molecular weight excluding hydrogens is 434 g/mol. The Balaban J connectivity index is 1.87. The SMILES string of the molecule is CC(C)C(NC(=O)NC(=O)CN1CCOCC1)C(=O)NC(=O)NC(C(=O)C1(C)CO1)C(C)C. The van der Waals surface area contributed by atoms with E-state index in [-0.39, 0.29) is 30.8 Å². The number of carbonyl (C=O) groups is 5. The fraction of sp³-hybridized carbons (Fsp3) is 0.762. The Morgan fingerprint density at radius 1 is 0.879 bits per heavy atom. The van der Waals surface area contributed by atoms with Gasteiger partial charge in [-0.05, 0) is 18.8 Å². The molecule has 6 amide bonds. The van der Waals surface area contributed by atoms with E-state index in [4.69, 9.17) is 9.47 Å². The van der Waals surface area contributed by atoms with Crippen LogP contribution < -0.4 is 21.3 Å². The number of morpholine rings is 1. The molecule has 2 rings (SSSR count). The summed E-state index contributed by atoms with van der Waals surface area (Å²) in [4.78, 5) is 63.8. The van der Waals surface area contributed by atoms with E-state index in [1.165, 1.54) is 0 Å². The smallest absolute Gasteiger partial charge is 0.322 e. The lowest BCUT2D eigenvalue weighted by molar-refractivity contribution is -0.127. The lowest BCUT2D eigenvalue weighted by Gasteiger charge is -2.26. The molecule has 2 aliphatic heterocycles. The van der Waals surface area contributed by atoms with E-state index in [0.717, 1.165) is 0 Å². The summed E-state index contributed by atoms with van der Waals surface area (Å²) in [5, 5.41) is 9.31. The molecule has 0 bridgehead atoms. The highest BCUT2D eigenvalue weighted by Gasteiger charge is 2.50. The molecule has 0 aromatic carbocycles. The number of urea groups is 2. The van der Waals surface area contributed by atoms with Gasteiger partial charge in [-0.15, -0.1) is 0 Å². The fourth-order valence-electron chi connectivity index (χ4n) is 3.32. The van der Waals surface area contributed by atoms with Crippen molar-refractivity contribution in [2.24, 2.45) is 11.8 Å². The highest BCUT2D eigenvalue weighted by atomic mass is 16.6. The predicted molar refractivity (Wildman–Crippen MR) is 117 cm³/mol. The third kappa shape index (κ3) is 8.06. The maximum Gasteiger partial charge on any atom is 0.322 e. The number of hydrogen-bond acceptors (Lipinski definition) is 8. The van der Waals surface area contributed by atoms with E-state index in [9.17, 15) is 24.0 Å². The first-order valence-corrected chi connectivity index (χ1v) is 11.1. The summed E-state index contributed by atoms with van der Waals surface area (Å²) in [5.74, 6) is -2.14. The summed E-state index contributed by atoms with van der Waals surface area (Å²) in [5.41, 5.74) is -0.917. The van der Waals surface area contributed by atoms with Crippen LogP contribution in [0.1, 0.15) is 34.6 Å². The van der Waals surface area contributed by atoms with Crippen LogP contribution in [0.4, 0.5) is 9.59 Å². The molecule has 4 N–H and O–H groups in total. The number of hydrogen-bond donors (Lipinski definition) is 4. The molecule has 0 aliphatic carbocycles. The normalized spacial score (nSPS) is 22.3. The number of Topliss-reactive ketones (excluding diaryl/α,β-unsaturated/α-hetero) is 1. The van der Waals surface area contributed by atoms with Gasteiger partial charge in [-0.2, -0.15) is 0 Å². The van der Waals surface area contributed by atoms with Gasteiger partial charge in [0.05, 0.1) is 32.4 Å². The van der Waals surface area contributed by atoms with Crippen molar-refractivity contribution in [3.63, 3.8) is 0 Å². The van der Waals surface area contributed by atoms with E-state index in [1.54, 1.807) is 34.6 Å². The number of ether oxygens (including phenoxy) is 2. The molecule has 2 aliphatic rings. The van der Waals surface area contributed by atoms with Crippen LogP contribution in [0.2, 0.25) is 0 Å². The molecule has 0 radical (unpaired) electrons. The van der Waals surface area contributed by atoms with E-state index < -0.39 is 41.6 Å². The molecule has 12 heteroatoms. The minimum atomic E-state index is -1.08. The first kappa shape index (κ1) is 26.7. The number of carbonyl (C=O) groups excluding carboxylic acids is 5. The van der Waals surface area contributed by atoms with Crippen LogP contribution in [0.5, 0.6) is 0 Å². The topological polar surface area (TPSA) is 158 Å². The molecule has 0 saturated carbocycles. The molecule has 0 spiro atoms. The van der Waals surface area contributed by atoms with Crippen LogP contribution in [-0.2, 0) is 23.9 Å². The van der Waals surface area contributed by atoms with Crippen molar-refractivity contribution < 1.29 is 33.4 Å². The molecular formula is C21H35N5O7. The number of rotatable bonds is 9. The van der Waals surface area contributed by atoms with Crippen molar-refractivity contribution in [2.45, 2.75) is 52.3 Å². The fourth-order valence-corrected chi connectivity index (χ4v) is 3.32. The maximum absolute atomic E-state index is 12.6. The van der Waals surface area contributed by atoms with E-state index in [2.05, 4.69) is 21.3 Å². The third-order valence-corrected chi connectivity index (χ3v) is 5.53. The van der Waals surface area contributed by atoms with Gasteiger partial charge in [-0.25, -0.2) is 9.59 Å². The molecule has 33 heavy (non-hydrogen) atoms. The van der Waals surface area contributed by atoms with Gasteiger partial charge < -0.3 is 20.1 Å². The largest absolute Gasteiger partial charge is 0.379 e. The zero-order valence-corrected chi connectivity index (χ0v) is 19.9. The van der Waals surface area contributed by atoms with E-state index >= 15 is 0 Å². The maximum atomic E-state index is 12.6. The zero-order chi connectivity index (χ0) is 24.8. The van der Waals surface area contributed by atoms with E-state index in [1.807, 2.05) is 4.90 Å². The van der Waals surface area contributed by atoms with Crippen LogP contribution in [0.15, 0.2) is 0 Å². The summed E-state index contributed by atoms with van der Waals surface area (Å²) in [6, 6.07) is -3.61. The molecule has 2 heterocycles. The van der Waals surface area contributed by atoms with Crippen LogP contribution in [-0.4, -0.2) is 91.7 Å². The van der Waals surface area contributed by atoms with Crippen molar-refractivity contribution >= 4 is 29.7 Å². The second-order valence-electron chi connectivity index (χ2n) is 9.20. The van der Waals surface area contributed by atoms with Gasteiger partial charge in [-0.1, -0.05) is 27.7 Å². The summed E-state index contributed by atoms with van der Waals surface area (Å²) in [6.45, 7) is 11.1. The minimum Gasteiger partial charge on any atom is -0.379 e. The standard InChI is InChI=1S/C21H35N5O7/c1-12(2)15(17(28)21(5)11-33-21)23-20(31)25-18(29)16(13(3)4)24-19(30)22-14(27)10-26-6-8-32-9-7-26/h12-13,15-16H,6-11H2,1-5H3,(H2,22,24,27,30)(H2,23,25,29,31). The minimum absolute atomic E-state index is 0.0327. The highest BCUT2D eigenvalue weighted by Crippen LogP contribution is 2.29. The van der Waals surface area contributed by atoms with Crippen molar-refractivity contribution in [2.75, 3.05) is 39.5 Å². The second-order valence-corrected chi connectivity index (χ2v) is 9.20. The average Bonchev–Trinajstić information content (AvgIpc) is 3.48. The van der Waals surface area contributed by atoms with Crippen LogP contribution in [0.3, 0.4) is 0 Å². The Morgan fingerprint density at radius 2 is 1.39 bits per heavy atom. The number of nitrogens with one attached hydrogen (secondary N) is 4. The number of ketones is 1. The van der Waals surface area contributed by atoms with Gasteiger partial charge in [0.25, 0.3) is 5.91 Å². The Bertz CT molecular complexity index is 760. The average molecular weight is 470 g/mol. The first-order chi connectivity index (χ1) is 15.4. The van der Waals surface area contributed by atoms with E-state index in [0.29, 0.717) is 26.3 Å². The first-order valence-electron chi connectivity index (χ1n) is 11.1. The number of imide groups is 2. The monoisotopic (exact) mass is 469 g/mol. The molecule has 3 atom stereocenters. The van der Waals surface area contributed by atoms with Gasteiger partial charge >= 0.3 is 12.1 Å². The quantitative estimate of drug-likeness (QED) is 0.325. The molecule has 0 aromatic heterocycles. The molecule has 2 saturated heterocycles. The number of nitrogens with zero attached hydrogens (tertiary/aromatic N) is 1. The Morgan fingerprint density at radius 3 is 1.91 bits per heavy atom. The molecule has 0 aromatic rings. The second kappa shape index (κ2) is 11.5. The zero-order valence-electron chi connectivity index (χ0n) is 19.9. The van der Waals surface area contributed by atoms with Crippen molar-refractivity contribution in [1.29, 1.82) is 0 Å². The Labute approximate surface area is 193 Å². The molecule has 186 valence electrons. The lowest BCUT2D eigenvalue weighted by atomic mass is 9.92. The summed E-state index contributed by atoms with van der Waals surface area (Å²) < 4.78 is 10.4. The lowest BCUT2D eigenvalue weighted by Crippen LogP contribution is -2.58. The van der Waals surface area contributed by atoms with Crippen LogP contribution in [0.25, 0.3) is 0 Å². The predicted octanol–water partition coefficient (Wildman–Crippen LogP) is -0.623. The van der Waals surface area contributed by atoms with Crippen molar-refractivity contribution in [3.05, 3.63) is 0 Å². The number of amides is 6. The van der Waals surface area contributed by atoms with Gasteiger partial charge in [0.2, 0.25) is 5.91 Å². The van der Waals surface area contributed by atoms with Gasteiger partial charge in [0, 0.05) is 13.1 Å². The van der Waals surface area contributed by atoms with Gasteiger partial charge in [0.15, 0.2) is 5.78 Å². The third-order valence-electron chi connectivity index (χ3n) is 5.53. The van der Waals surface area contributed by atoms with Gasteiger partial charge in [0.1, 0.15) is 11.6 Å². The number of epoxide rings is 1. The summed E-state index contributed by atoms with van der Waals surface area (Å²) in [7, 11) is 0. The molecule has 3 unspecified atom stereocenters. The molecule has 2 fully saturated rings. The van der Waals surface area contributed by atoms with Crippen LogP contribution >= 0.6 is 0 Å². The van der Waals surface area contributed by atoms with Gasteiger partial charge in [-0.3, -0.25) is 29.9 Å². The molecule has 12 nitrogen and oxygen atoms in total. The Hall–Kier alpha value is -2.57. The van der Waals surface area contributed by atoms with Crippen molar-refractivity contribution in [3.8, 4) is 0 Å². The van der Waals surface area contributed by atoms with Crippen LogP contribution in [0, 0.1) is 11.8 Å². The summed E-state index contributed by atoms with van der Waals surface area (Å²) in [6.07, 6.45) is 0. The summed E-state index contributed by atoms with van der Waals surface area (Å²) >= 11 is 0. The van der Waals surface area contributed by atoms with Crippen molar-refractivity contribution in [1.82, 2.24) is 26.2 Å². The Kier molecular flexibility index (Phi) is 9.32.